The van der Waals surface area contributed by atoms with Gasteiger partial charge in [0, 0.05) is 47.5 Å². The van der Waals surface area contributed by atoms with E-state index in [2.05, 4.69) is 118 Å². The molecule has 1 radical (unpaired) electrons. The summed E-state index contributed by atoms with van der Waals surface area (Å²) in [5.74, 6) is -1.06. The number of hydrogen-bond acceptors (Lipinski definition) is 3. The second-order valence-corrected chi connectivity index (χ2v) is 22.9. The van der Waals surface area contributed by atoms with Crippen LogP contribution in [0.3, 0.4) is 0 Å². The fourth-order valence-electron chi connectivity index (χ4n) is 8.73. The number of rotatable bonds is 4. The number of nitrogens with zero attached hydrogens (tertiary/aromatic N) is 2. The second-order valence-electron chi connectivity index (χ2n) is 17.8. The molecule has 0 saturated heterocycles. The van der Waals surface area contributed by atoms with Gasteiger partial charge in [-0.1, -0.05) is 120 Å². The van der Waals surface area contributed by atoms with E-state index in [1.165, 1.54) is 28.2 Å². The molecule has 8 aromatic rings. The first-order chi connectivity index (χ1) is 28.9. The molecule has 9 rings (SSSR count). The number of pyridine rings is 2. The predicted molar refractivity (Wildman–Crippen MR) is 236 cm³/mol. The molecule has 0 aliphatic heterocycles. The molecular weight excluding hydrogens is 877 g/mol. The van der Waals surface area contributed by atoms with E-state index in [-0.39, 0.29) is 36.5 Å². The number of fused-ring (bicyclic) bond motifs is 6. The molecule has 287 valence electrons. The van der Waals surface area contributed by atoms with Gasteiger partial charge in [0.05, 0.1) is 13.7 Å². The Hall–Kier alpha value is -4.41. The van der Waals surface area contributed by atoms with Gasteiger partial charge >= 0.3 is 0 Å². The third-order valence-corrected chi connectivity index (χ3v) is 12.9. The van der Waals surface area contributed by atoms with Crippen LogP contribution in [0, 0.1) is 36.7 Å². The second kappa shape index (κ2) is 15.2. The normalized spacial score (nSPS) is 18.3. The summed E-state index contributed by atoms with van der Waals surface area (Å²) in [6.07, 6.45) is 5.52. The van der Waals surface area contributed by atoms with E-state index in [9.17, 15) is 1.37 Å². The molecule has 3 aromatic heterocycles. The third-order valence-electron chi connectivity index (χ3n) is 10.9. The van der Waals surface area contributed by atoms with Crippen LogP contribution in [0.4, 0.5) is 0 Å². The number of furan rings is 1. The van der Waals surface area contributed by atoms with Crippen LogP contribution in [0.2, 0.25) is 19.6 Å². The SMILES string of the molecule is [2H]C([2H])([2H])c1c[c-]c(-c2ccc([Si](C)(C)C)cn2)cc1.[2H]C([2H])([2H])c1cnc(-c2[c-]ccc3c2oc2cc4c(ccc5ccccc54)cc23)cc1C1([2H])CC(C)(C)CC(C)(C)C1.[Ir]. The average Bonchev–Trinajstić information content (AvgIpc) is 3.55. The van der Waals surface area contributed by atoms with Crippen molar-refractivity contribution in [3.63, 3.8) is 0 Å². The summed E-state index contributed by atoms with van der Waals surface area (Å²) in [5, 5.41) is 7.90. The average molecular weight is 936 g/mol. The molecule has 5 aromatic carbocycles. The molecule has 0 spiro atoms. The Bertz CT molecular complexity index is 2890. The van der Waals surface area contributed by atoms with E-state index < -0.39 is 27.7 Å². The molecule has 1 aliphatic rings. The predicted octanol–water partition coefficient (Wildman–Crippen LogP) is 13.8. The fourth-order valence-corrected chi connectivity index (χ4v) is 9.76. The van der Waals surface area contributed by atoms with Crippen molar-refractivity contribution in [3.8, 4) is 22.5 Å². The summed E-state index contributed by atoms with van der Waals surface area (Å²) in [5.41, 5.74) is 5.13. The van der Waals surface area contributed by atoms with E-state index in [1.807, 2.05) is 36.5 Å². The molecule has 0 amide bonds. The van der Waals surface area contributed by atoms with E-state index in [1.54, 1.807) is 12.1 Å². The Morgan fingerprint density at radius 3 is 2.21 bits per heavy atom. The van der Waals surface area contributed by atoms with Crippen molar-refractivity contribution < 1.29 is 34.1 Å². The topological polar surface area (TPSA) is 38.9 Å². The summed E-state index contributed by atoms with van der Waals surface area (Å²) < 4.78 is 63.2. The van der Waals surface area contributed by atoms with Gasteiger partial charge in [0.2, 0.25) is 0 Å². The molecule has 0 N–H and O–H groups in total. The zero-order chi connectivity index (χ0) is 44.6. The van der Waals surface area contributed by atoms with Crippen molar-refractivity contribution in [1.29, 1.82) is 0 Å². The Morgan fingerprint density at radius 2 is 1.52 bits per heavy atom. The van der Waals surface area contributed by atoms with Crippen molar-refractivity contribution in [1.82, 2.24) is 9.97 Å². The van der Waals surface area contributed by atoms with Gasteiger partial charge < -0.3 is 14.4 Å². The van der Waals surface area contributed by atoms with Crippen LogP contribution in [-0.2, 0) is 20.1 Å². The standard InChI is InChI=1S/C36H34NO.C15H18NSi.Ir/c1-22-20-37-32(16-29(22)25-18-35(2,3)21-36(4,5)19-25)28-12-8-11-27-31-15-24-14-13-23-9-6-7-10-26(23)30(24)17-33(31)38-34(27)28;1-12-5-7-13(8-6-12)15-10-9-14(11-16-15)17(2,3)4;/h6-11,13-17,20,25H,18-19,21H2,1-5H3;5-7,9-11H,1-4H3;/q2*-1;/i1D3,25D;1D3;. The van der Waals surface area contributed by atoms with Crippen LogP contribution in [0.5, 0.6) is 0 Å². The first-order valence-electron chi connectivity index (χ1n) is 22.6. The van der Waals surface area contributed by atoms with Crippen LogP contribution in [0.25, 0.3) is 66.0 Å². The molecule has 56 heavy (non-hydrogen) atoms. The van der Waals surface area contributed by atoms with Gasteiger partial charge in [-0.05, 0) is 104 Å². The van der Waals surface area contributed by atoms with Crippen molar-refractivity contribution >= 4 is 56.7 Å². The van der Waals surface area contributed by atoms with Crippen molar-refractivity contribution in [2.75, 3.05) is 0 Å². The van der Waals surface area contributed by atoms with Gasteiger partial charge in [-0.3, -0.25) is 0 Å². The Labute approximate surface area is 357 Å². The van der Waals surface area contributed by atoms with Crippen LogP contribution >= 0.6 is 0 Å². The maximum absolute atomic E-state index is 9.74. The maximum atomic E-state index is 9.74. The molecule has 0 bridgehead atoms. The molecule has 5 heteroatoms. The smallest absolute Gasteiger partial charge is 0.121 e. The molecule has 1 fully saturated rings. The summed E-state index contributed by atoms with van der Waals surface area (Å²) >= 11 is 0. The molecule has 1 aliphatic carbocycles. The zero-order valence-electron chi connectivity index (χ0n) is 40.1. The third kappa shape index (κ3) is 8.05. The van der Waals surface area contributed by atoms with Gasteiger partial charge in [-0.2, -0.15) is 0 Å². The Kier molecular flexibility index (Phi) is 8.57. The quantitative estimate of drug-likeness (QED) is 0.100. The molecular formula is C51H52IrN2OSi-2. The fraction of sp³-hybridized carbons (Fsp3) is 0.294. The van der Waals surface area contributed by atoms with E-state index in [4.69, 9.17) is 12.6 Å². The van der Waals surface area contributed by atoms with E-state index >= 15 is 0 Å². The van der Waals surface area contributed by atoms with Crippen LogP contribution < -0.4 is 5.19 Å². The summed E-state index contributed by atoms with van der Waals surface area (Å²) in [6.45, 7) is 11.1. The van der Waals surface area contributed by atoms with Gasteiger partial charge in [-0.15, -0.1) is 53.6 Å². The zero-order valence-corrected chi connectivity index (χ0v) is 36.5. The number of aryl methyl sites for hydroxylation is 2. The molecule has 0 unspecified atom stereocenters. The molecule has 3 heterocycles. The minimum absolute atomic E-state index is 0. The largest absolute Gasteiger partial charge is 0.501 e. The summed E-state index contributed by atoms with van der Waals surface area (Å²) in [6, 6.07) is 38.0. The summed E-state index contributed by atoms with van der Waals surface area (Å²) in [7, 11) is -1.34. The number of aromatic nitrogens is 2. The van der Waals surface area contributed by atoms with Gasteiger partial charge in [0.15, 0.2) is 0 Å². The first kappa shape index (κ1) is 31.6. The van der Waals surface area contributed by atoms with Gasteiger partial charge in [0.25, 0.3) is 0 Å². The van der Waals surface area contributed by atoms with Crippen LogP contribution in [-0.4, -0.2) is 18.0 Å². The number of hydrogen-bond donors (Lipinski definition) is 0. The number of benzene rings is 5. The minimum atomic E-state index is -2.38. The van der Waals surface area contributed by atoms with Gasteiger partial charge in [-0.25, -0.2) is 0 Å². The van der Waals surface area contributed by atoms with Crippen molar-refractivity contribution in [2.24, 2.45) is 10.8 Å². The monoisotopic (exact) mass is 936 g/mol. The maximum Gasteiger partial charge on any atom is 0.121 e. The minimum Gasteiger partial charge on any atom is -0.501 e. The van der Waals surface area contributed by atoms with Crippen molar-refractivity contribution in [3.05, 3.63) is 138 Å². The van der Waals surface area contributed by atoms with Crippen molar-refractivity contribution in [2.45, 2.75) is 86.2 Å². The van der Waals surface area contributed by atoms with E-state index in [0.29, 0.717) is 40.8 Å². The first-order valence-corrected chi connectivity index (χ1v) is 22.6. The van der Waals surface area contributed by atoms with Gasteiger partial charge in [0.1, 0.15) is 5.58 Å². The van der Waals surface area contributed by atoms with E-state index in [0.717, 1.165) is 44.8 Å². The van der Waals surface area contributed by atoms with Crippen LogP contribution in [0.1, 0.15) is 79.1 Å². The molecule has 3 nitrogen and oxygen atoms in total. The molecule has 0 atom stereocenters. The Balaban J connectivity index is 0.000000239. The van der Waals surface area contributed by atoms with Crippen LogP contribution in [0.15, 0.2) is 114 Å². The summed E-state index contributed by atoms with van der Waals surface area (Å²) in [4.78, 5) is 9.13. The molecule has 1 saturated carbocycles. The Morgan fingerprint density at radius 1 is 0.750 bits per heavy atom.